The molecule has 0 aromatic heterocycles. The molecule has 0 atom stereocenters. The summed E-state index contributed by atoms with van der Waals surface area (Å²) in [5.74, 6) is 0.0633. The Kier molecular flexibility index (Phi) is 7.80. The van der Waals surface area contributed by atoms with Crippen LogP contribution in [0, 0.1) is 5.41 Å². The highest BCUT2D eigenvalue weighted by Gasteiger charge is 2.38. The van der Waals surface area contributed by atoms with Crippen LogP contribution in [0.2, 0.25) is 0 Å². The predicted octanol–water partition coefficient (Wildman–Crippen LogP) is 1.24. The van der Waals surface area contributed by atoms with E-state index in [0.29, 0.717) is 39.0 Å². The molecule has 0 unspecified atom stereocenters. The van der Waals surface area contributed by atoms with Gasteiger partial charge in [0.1, 0.15) is 0 Å². The summed E-state index contributed by atoms with van der Waals surface area (Å²) in [7, 11) is 0. The summed E-state index contributed by atoms with van der Waals surface area (Å²) < 4.78 is 11.0. The molecule has 118 valence electrons. The zero-order chi connectivity index (χ0) is 13.6. The van der Waals surface area contributed by atoms with Crippen molar-refractivity contribution in [2.75, 3.05) is 32.9 Å². The minimum Gasteiger partial charge on any atom is -0.381 e. The fourth-order valence-corrected chi connectivity index (χ4v) is 2.92. The van der Waals surface area contributed by atoms with Gasteiger partial charge in [0.2, 0.25) is 5.91 Å². The molecule has 0 bridgehead atoms. The SMILES string of the molecule is Cl.NCC1(C(=O)NCCOC2CCCC2)CCOCC1. The lowest BCUT2D eigenvalue weighted by Crippen LogP contribution is -2.49. The lowest BCUT2D eigenvalue weighted by atomic mass is 9.79. The van der Waals surface area contributed by atoms with E-state index in [0.717, 1.165) is 25.7 Å². The van der Waals surface area contributed by atoms with E-state index in [-0.39, 0.29) is 18.3 Å². The van der Waals surface area contributed by atoms with Gasteiger partial charge in [-0.25, -0.2) is 0 Å². The zero-order valence-corrected chi connectivity index (χ0v) is 12.9. The Morgan fingerprint density at radius 3 is 2.55 bits per heavy atom. The predicted molar refractivity (Wildman–Crippen MR) is 80.0 cm³/mol. The van der Waals surface area contributed by atoms with Crippen LogP contribution < -0.4 is 11.1 Å². The lowest BCUT2D eigenvalue weighted by molar-refractivity contribution is -0.136. The lowest BCUT2D eigenvalue weighted by Gasteiger charge is -2.34. The van der Waals surface area contributed by atoms with Crippen molar-refractivity contribution in [1.29, 1.82) is 0 Å². The van der Waals surface area contributed by atoms with Crippen molar-refractivity contribution in [3.8, 4) is 0 Å². The second-order valence-corrected chi connectivity index (χ2v) is 5.63. The highest BCUT2D eigenvalue weighted by molar-refractivity contribution is 5.85. The third kappa shape index (κ3) is 4.58. The van der Waals surface area contributed by atoms with E-state index in [1.54, 1.807) is 0 Å². The molecule has 1 heterocycles. The van der Waals surface area contributed by atoms with Gasteiger partial charge in [-0.3, -0.25) is 4.79 Å². The molecule has 2 fully saturated rings. The summed E-state index contributed by atoms with van der Waals surface area (Å²) in [6.07, 6.45) is 6.72. The highest BCUT2D eigenvalue weighted by atomic mass is 35.5. The van der Waals surface area contributed by atoms with Crippen molar-refractivity contribution in [3.05, 3.63) is 0 Å². The molecule has 1 aliphatic carbocycles. The Labute approximate surface area is 127 Å². The number of rotatable bonds is 6. The maximum atomic E-state index is 12.2. The number of ether oxygens (including phenoxy) is 2. The Morgan fingerprint density at radius 1 is 1.30 bits per heavy atom. The van der Waals surface area contributed by atoms with Crippen molar-refractivity contribution in [2.24, 2.45) is 11.1 Å². The molecule has 20 heavy (non-hydrogen) atoms. The highest BCUT2D eigenvalue weighted by Crippen LogP contribution is 2.29. The van der Waals surface area contributed by atoms with Crippen molar-refractivity contribution >= 4 is 18.3 Å². The zero-order valence-electron chi connectivity index (χ0n) is 12.1. The first-order valence-corrected chi connectivity index (χ1v) is 7.44. The van der Waals surface area contributed by atoms with Crippen LogP contribution in [0.1, 0.15) is 38.5 Å². The minimum atomic E-state index is -0.425. The van der Waals surface area contributed by atoms with E-state index in [2.05, 4.69) is 5.32 Å². The number of nitrogens with one attached hydrogen (secondary N) is 1. The molecule has 0 spiro atoms. The van der Waals surface area contributed by atoms with Gasteiger partial charge in [-0.15, -0.1) is 12.4 Å². The first-order valence-electron chi connectivity index (χ1n) is 7.44. The van der Waals surface area contributed by atoms with Crippen LogP contribution in [0.5, 0.6) is 0 Å². The third-order valence-electron chi connectivity index (χ3n) is 4.37. The fourth-order valence-electron chi connectivity index (χ4n) is 2.92. The number of nitrogens with two attached hydrogens (primary N) is 1. The molecule has 1 saturated carbocycles. The maximum Gasteiger partial charge on any atom is 0.227 e. The van der Waals surface area contributed by atoms with E-state index < -0.39 is 5.41 Å². The molecule has 0 aromatic carbocycles. The minimum absolute atomic E-state index is 0. The number of hydrogen-bond acceptors (Lipinski definition) is 4. The molecule has 2 aliphatic rings. The number of carbonyl (C=O) groups is 1. The second kappa shape index (κ2) is 8.82. The van der Waals surface area contributed by atoms with Crippen LogP contribution in [-0.4, -0.2) is 44.9 Å². The van der Waals surface area contributed by atoms with Gasteiger partial charge in [-0.1, -0.05) is 12.8 Å². The van der Waals surface area contributed by atoms with Gasteiger partial charge in [0, 0.05) is 26.3 Å². The number of amides is 1. The first kappa shape index (κ1) is 17.7. The summed E-state index contributed by atoms with van der Waals surface area (Å²) in [6, 6.07) is 0. The number of carbonyl (C=O) groups excluding carboxylic acids is 1. The summed E-state index contributed by atoms with van der Waals surface area (Å²) in [6.45, 7) is 2.84. The normalized spacial score (nSPS) is 22.2. The summed E-state index contributed by atoms with van der Waals surface area (Å²) >= 11 is 0. The quantitative estimate of drug-likeness (QED) is 0.724. The fraction of sp³-hybridized carbons (Fsp3) is 0.929. The van der Waals surface area contributed by atoms with Crippen LogP contribution in [0.15, 0.2) is 0 Å². The van der Waals surface area contributed by atoms with Gasteiger partial charge in [-0.05, 0) is 25.7 Å². The Balaban J connectivity index is 0.00000200. The van der Waals surface area contributed by atoms with E-state index in [1.165, 1.54) is 12.8 Å². The van der Waals surface area contributed by atoms with Gasteiger partial charge in [0.05, 0.1) is 18.1 Å². The van der Waals surface area contributed by atoms with Crippen LogP contribution in [-0.2, 0) is 14.3 Å². The van der Waals surface area contributed by atoms with Crippen LogP contribution in [0.25, 0.3) is 0 Å². The molecule has 6 heteroatoms. The summed E-state index contributed by atoms with van der Waals surface area (Å²) in [5, 5.41) is 2.97. The molecule has 5 nitrogen and oxygen atoms in total. The smallest absolute Gasteiger partial charge is 0.227 e. The third-order valence-corrected chi connectivity index (χ3v) is 4.37. The Bertz CT molecular complexity index is 290. The summed E-state index contributed by atoms with van der Waals surface area (Å²) in [5.41, 5.74) is 5.37. The number of hydrogen-bond donors (Lipinski definition) is 2. The average Bonchev–Trinajstić information content (AvgIpc) is 2.97. The van der Waals surface area contributed by atoms with E-state index in [1.807, 2.05) is 0 Å². The van der Waals surface area contributed by atoms with Crippen LogP contribution in [0.4, 0.5) is 0 Å². The molecule has 2 rings (SSSR count). The van der Waals surface area contributed by atoms with Crippen molar-refractivity contribution < 1.29 is 14.3 Å². The first-order chi connectivity index (χ1) is 9.27. The Morgan fingerprint density at radius 2 is 1.95 bits per heavy atom. The molecule has 0 radical (unpaired) electrons. The second-order valence-electron chi connectivity index (χ2n) is 5.63. The van der Waals surface area contributed by atoms with Crippen molar-refractivity contribution in [2.45, 2.75) is 44.6 Å². The molecule has 1 aliphatic heterocycles. The number of halogens is 1. The molecular weight excluding hydrogens is 280 g/mol. The largest absolute Gasteiger partial charge is 0.381 e. The standard InChI is InChI=1S/C14H26N2O3.ClH/c15-11-14(5-8-18-9-6-14)13(17)16-7-10-19-12-3-1-2-4-12;/h12H,1-11,15H2,(H,16,17);1H. The molecule has 0 aromatic rings. The molecule has 1 saturated heterocycles. The van der Waals surface area contributed by atoms with Gasteiger partial charge in [0.15, 0.2) is 0 Å². The van der Waals surface area contributed by atoms with Gasteiger partial charge in [0.25, 0.3) is 0 Å². The van der Waals surface area contributed by atoms with Crippen molar-refractivity contribution in [3.63, 3.8) is 0 Å². The van der Waals surface area contributed by atoms with Gasteiger partial charge in [-0.2, -0.15) is 0 Å². The average molecular weight is 307 g/mol. The van der Waals surface area contributed by atoms with Gasteiger partial charge < -0.3 is 20.5 Å². The van der Waals surface area contributed by atoms with E-state index in [4.69, 9.17) is 15.2 Å². The topological polar surface area (TPSA) is 73.6 Å². The maximum absolute atomic E-state index is 12.2. The molecular formula is C14H27ClN2O3. The summed E-state index contributed by atoms with van der Waals surface area (Å²) in [4.78, 5) is 12.2. The molecule has 3 N–H and O–H groups in total. The monoisotopic (exact) mass is 306 g/mol. The van der Waals surface area contributed by atoms with Gasteiger partial charge >= 0.3 is 0 Å². The Hall–Kier alpha value is -0.360. The van der Waals surface area contributed by atoms with E-state index >= 15 is 0 Å². The molecule has 1 amide bonds. The van der Waals surface area contributed by atoms with Crippen LogP contribution >= 0.6 is 12.4 Å². The van der Waals surface area contributed by atoms with Crippen molar-refractivity contribution in [1.82, 2.24) is 5.32 Å². The van der Waals surface area contributed by atoms with E-state index in [9.17, 15) is 4.79 Å². The van der Waals surface area contributed by atoms with Crippen LogP contribution in [0.3, 0.4) is 0 Å².